The molecule has 2 nitrogen and oxygen atoms in total. The molecule has 0 saturated carbocycles. The molecule has 0 aromatic heterocycles. The van der Waals surface area contributed by atoms with Crippen LogP contribution in [0, 0.1) is 5.92 Å². The summed E-state index contributed by atoms with van der Waals surface area (Å²) in [6.45, 7) is 7.40. The third kappa shape index (κ3) is 4.50. The Balaban J connectivity index is 3.81. The van der Waals surface area contributed by atoms with E-state index in [0.29, 0.717) is 5.92 Å². The molecule has 0 bridgehead atoms. The third-order valence-electron chi connectivity index (χ3n) is 2.08. The third-order valence-corrected chi connectivity index (χ3v) is 2.08. The summed E-state index contributed by atoms with van der Waals surface area (Å²) in [7, 11) is 1.74. The first-order chi connectivity index (χ1) is 5.76. The molecule has 0 fully saturated rings. The molecule has 72 valence electrons. The monoisotopic (exact) mass is 171 g/mol. The van der Waals surface area contributed by atoms with Crippen LogP contribution in [0.3, 0.4) is 0 Å². The lowest BCUT2D eigenvalue weighted by Gasteiger charge is -2.16. The molecular weight excluding hydrogens is 150 g/mol. The summed E-state index contributed by atoms with van der Waals surface area (Å²) in [6, 6.07) is 0. The molecule has 0 N–H and O–H groups in total. The maximum absolute atomic E-state index is 5.30. The summed E-state index contributed by atoms with van der Waals surface area (Å²) < 4.78 is 5.30. The fourth-order valence-electron chi connectivity index (χ4n) is 0.980. The van der Waals surface area contributed by atoms with Crippen molar-refractivity contribution in [3.05, 3.63) is 0 Å². The Kier molecular flexibility index (Phi) is 7.06. The van der Waals surface area contributed by atoms with Crippen molar-refractivity contribution in [2.75, 3.05) is 13.7 Å². The zero-order valence-electron chi connectivity index (χ0n) is 8.71. The molecule has 0 aliphatic carbocycles. The lowest BCUT2D eigenvalue weighted by Crippen LogP contribution is -2.21. The summed E-state index contributed by atoms with van der Waals surface area (Å²) in [5.74, 6) is 0.565. The van der Waals surface area contributed by atoms with E-state index in [-0.39, 0.29) is 6.10 Å². The molecule has 0 spiro atoms. The first kappa shape index (κ1) is 11.6. The molecule has 0 aromatic rings. The minimum atomic E-state index is 0.196. The highest BCUT2D eigenvalue weighted by Crippen LogP contribution is 2.08. The van der Waals surface area contributed by atoms with Crippen LogP contribution in [0.1, 0.15) is 33.6 Å². The van der Waals surface area contributed by atoms with Crippen molar-refractivity contribution in [2.24, 2.45) is 10.9 Å². The van der Waals surface area contributed by atoms with E-state index in [9.17, 15) is 0 Å². The fourth-order valence-corrected chi connectivity index (χ4v) is 0.980. The molecule has 0 heterocycles. The van der Waals surface area contributed by atoms with Crippen LogP contribution in [-0.2, 0) is 4.74 Å². The highest BCUT2D eigenvalue weighted by atomic mass is 16.5. The van der Waals surface area contributed by atoms with Gasteiger partial charge in [-0.15, -0.1) is 0 Å². The van der Waals surface area contributed by atoms with Gasteiger partial charge in [-0.3, -0.25) is 4.99 Å². The summed E-state index contributed by atoms with van der Waals surface area (Å²) in [6.07, 6.45) is 4.38. The van der Waals surface area contributed by atoms with Crippen molar-refractivity contribution in [3.63, 3.8) is 0 Å². The van der Waals surface area contributed by atoms with Crippen molar-refractivity contribution in [1.29, 1.82) is 0 Å². The van der Waals surface area contributed by atoms with Crippen molar-refractivity contribution in [3.8, 4) is 0 Å². The Bertz CT molecular complexity index is 123. The van der Waals surface area contributed by atoms with Gasteiger partial charge in [0.15, 0.2) is 0 Å². The SMILES string of the molecule is CCCN=CC(OC)C(C)CC. The molecule has 0 aromatic carbocycles. The Labute approximate surface area is 76.0 Å². The lowest BCUT2D eigenvalue weighted by atomic mass is 10.0. The van der Waals surface area contributed by atoms with Gasteiger partial charge < -0.3 is 4.74 Å². The number of aliphatic imine (C=N–C) groups is 1. The first-order valence-electron chi connectivity index (χ1n) is 4.78. The predicted molar refractivity (Wildman–Crippen MR) is 53.9 cm³/mol. The van der Waals surface area contributed by atoms with Crippen molar-refractivity contribution in [2.45, 2.75) is 39.7 Å². The minimum absolute atomic E-state index is 0.196. The Morgan fingerprint density at radius 2 is 2.08 bits per heavy atom. The number of rotatable bonds is 6. The topological polar surface area (TPSA) is 21.6 Å². The highest BCUT2D eigenvalue weighted by molar-refractivity contribution is 5.63. The number of ether oxygens (including phenoxy) is 1. The largest absolute Gasteiger partial charge is 0.376 e. The van der Waals surface area contributed by atoms with Gasteiger partial charge in [-0.1, -0.05) is 27.2 Å². The van der Waals surface area contributed by atoms with Gasteiger partial charge in [-0.05, 0) is 12.3 Å². The van der Waals surface area contributed by atoms with Crippen LogP contribution in [0.25, 0.3) is 0 Å². The second-order valence-corrected chi connectivity index (χ2v) is 3.14. The van der Waals surface area contributed by atoms with Gasteiger partial charge in [-0.2, -0.15) is 0 Å². The van der Waals surface area contributed by atoms with Crippen LogP contribution < -0.4 is 0 Å². The molecule has 0 radical (unpaired) electrons. The van der Waals surface area contributed by atoms with Gasteiger partial charge in [0.05, 0.1) is 6.10 Å². The van der Waals surface area contributed by atoms with Crippen molar-refractivity contribution >= 4 is 6.21 Å². The van der Waals surface area contributed by atoms with Gasteiger partial charge in [0, 0.05) is 19.9 Å². The first-order valence-corrected chi connectivity index (χ1v) is 4.78. The molecule has 2 unspecified atom stereocenters. The Hall–Kier alpha value is -0.370. The number of hydrogen-bond acceptors (Lipinski definition) is 2. The zero-order valence-corrected chi connectivity index (χ0v) is 8.71. The molecule has 12 heavy (non-hydrogen) atoms. The van der Waals surface area contributed by atoms with E-state index in [1.54, 1.807) is 7.11 Å². The summed E-state index contributed by atoms with van der Waals surface area (Å²) in [5.41, 5.74) is 0. The van der Waals surface area contributed by atoms with E-state index in [4.69, 9.17) is 4.74 Å². The maximum Gasteiger partial charge on any atom is 0.0943 e. The van der Waals surface area contributed by atoms with E-state index < -0.39 is 0 Å². The second-order valence-electron chi connectivity index (χ2n) is 3.14. The Morgan fingerprint density at radius 3 is 2.50 bits per heavy atom. The van der Waals surface area contributed by atoms with Gasteiger partial charge in [0.25, 0.3) is 0 Å². The minimum Gasteiger partial charge on any atom is -0.376 e. The van der Waals surface area contributed by atoms with Gasteiger partial charge in [0.1, 0.15) is 0 Å². The van der Waals surface area contributed by atoms with E-state index in [2.05, 4.69) is 25.8 Å². The average Bonchev–Trinajstić information content (AvgIpc) is 2.11. The van der Waals surface area contributed by atoms with Gasteiger partial charge in [0.2, 0.25) is 0 Å². The summed E-state index contributed by atoms with van der Waals surface area (Å²) in [5, 5.41) is 0. The van der Waals surface area contributed by atoms with Crippen molar-refractivity contribution < 1.29 is 4.74 Å². The molecule has 2 atom stereocenters. The molecule has 0 saturated heterocycles. The smallest absolute Gasteiger partial charge is 0.0943 e. The number of hydrogen-bond donors (Lipinski definition) is 0. The van der Waals surface area contributed by atoms with E-state index in [1.807, 2.05) is 6.21 Å². The molecule has 0 aliphatic rings. The molecule has 0 aliphatic heterocycles. The molecule has 2 heteroatoms. The van der Waals surface area contributed by atoms with E-state index in [1.165, 1.54) is 0 Å². The van der Waals surface area contributed by atoms with Crippen LogP contribution in [0.15, 0.2) is 4.99 Å². The maximum atomic E-state index is 5.30. The standard InChI is InChI=1S/C10H21NO/c1-5-7-11-8-10(12-4)9(3)6-2/h8-10H,5-7H2,1-4H3. The average molecular weight is 171 g/mol. The number of methoxy groups -OCH3 is 1. The second kappa shape index (κ2) is 7.29. The summed E-state index contributed by atoms with van der Waals surface area (Å²) in [4.78, 5) is 4.28. The van der Waals surface area contributed by atoms with Gasteiger partial charge in [-0.25, -0.2) is 0 Å². The van der Waals surface area contributed by atoms with Crippen LogP contribution in [0.4, 0.5) is 0 Å². The fraction of sp³-hybridized carbons (Fsp3) is 0.900. The zero-order chi connectivity index (χ0) is 9.40. The van der Waals surface area contributed by atoms with E-state index >= 15 is 0 Å². The highest BCUT2D eigenvalue weighted by Gasteiger charge is 2.11. The normalized spacial score (nSPS) is 16.7. The van der Waals surface area contributed by atoms with Crippen LogP contribution in [0.5, 0.6) is 0 Å². The lowest BCUT2D eigenvalue weighted by molar-refractivity contribution is 0.113. The molecular formula is C10H21NO. The Morgan fingerprint density at radius 1 is 1.42 bits per heavy atom. The number of nitrogens with zero attached hydrogens (tertiary/aromatic N) is 1. The quantitative estimate of drug-likeness (QED) is 0.563. The molecule has 0 amide bonds. The molecule has 0 rings (SSSR count). The predicted octanol–water partition coefficient (Wildman–Crippen LogP) is 2.53. The van der Waals surface area contributed by atoms with Crippen LogP contribution in [-0.4, -0.2) is 26.0 Å². The van der Waals surface area contributed by atoms with E-state index in [0.717, 1.165) is 19.4 Å². The summed E-state index contributed by atoms with van der Waals surface area (Å²) >= 11 is 0. The van der Waals surface area contributed by atoms with Crippen LogP contribution in [0.2, 0.25) is 0 Å². The van der Waals surface area contributed by atoms with Gasteiger partial charge >= 0.3 is 0 Å². The van der Waals surface area contributed by atoms with Crippen LogP contribution >= 0.6 is 0 Å². The van der Waals surface area contributed by atoms with Crippen molar-refractivity contribution in [1.82, 2.24) is 0 Å².